The number of ether oxygens (including phenoxy) is 2. The van der Waals surface area contributed by atoms with E-state index in [1.54, 1.807) is 20.8 Å². The van der Waals surface area contributed by atoms with Crippen molar-refractivity contribution < 1.29 is 37.6 Å². The highest BCUT2D eigenvalue weighted by molar-refractivity contribution is 7.80. The van der Waals surface area contributed by atoms with Gasteiger partial charge >= 0.3 is 12.0 Å². The molecule has 0 saturated carbocycles. The number of carbonyl (C=O) groups is 3. The van der Waals surface area contributed by atoms with Crippen LogP contribution in [-0.4, -0.2) is 58.5 Å². The van der Waals surface area contributed by atoms with Crippen molar-refractivity contribution in [3.05, 3.63) is 68.8 Å². The van der Waals surface area contributed by atoms with Crippen LogP contribution < -0.4 is 15.4 Å². The van der Waals surface area contributed by atoms with Crippen LogP contribution in [-0.2, 0) is 16.0 Å². The van der Waals surface area contributed by atoms with Crippen molar-refractivity contribution in [1.29, 1.82) is 0 Å². The van der Waals surface area contributed by atoms with Crippen LogP contribution in [0.4, 0.5) is 19.3 Å². The summed E-state index contributed by atoms with van der Waals surface area (Å²) in [6.07, 6.45) is 0.850. The molecule has 1 aliphatic heterocycles. The van der Waals surface area contributed by atoms with Crippen molar-refractivity contribution in [3.63, 3.8) is 0 Å². The SMILES string of the molecule is CCC[C@@H](NC(=O)N1CC(=S)NC[C@@H](Cc2cc(F)c(F)cc2OC)C1=O)c1ccc(C(=O)OC(C)(C)C)c([N+](=O)[O-])c1. The Hall–Kier alpha value is -4.20. The molecule has 0 aromatic heterocycles. The Morgan fingerprint density at radius 1 is 1.23 bits per heavy atom. The predicted molar refractivity (Wildman–Crippen MR) is 157 cm³/mol. The summed E-state index contributed by atoms with van der Waals surface area (Å²) in [6.45, 7) is 6.58. The molecular formula is C29H34F2N4O7S. The van der Waals surface area contributed by atoms with E-state index in [-0.39, 0.29) is 41.4 Å². The average molecular weight is 621 g/mol. The average Bonchev–Trinajstić information content (AvgIpc) is 3.07. The third kappa shape index (κ3) is 8.43. The highest BCUT2D eigenvalue weighted by Gasteiger charge is 2.35. The van der Waals surface area contributed by atoms with Crippen LogP contribution in [0.3, 0.4) is 0 Å². The molecule has 232 valence electrons. The van der Waals surface area contributed by atoms with Crippen LogP contribution in [0.15, 0.2) is 30.3 Å². The number of rotatable bonds is 9. The zero-order valence-electron chi connectivity index (χ0n) is 24.5. The number of nitrogens with one attached hydrogen (secondary N) is 2. The van der Waals surface area contributed by atoms with Gasteiger partial charge in [-0.1, -0.05) is 31.6 Å². The molecule has 0 radical (unpaired) electrons. The van der Waals surface area contributed by atoms with E-state index in [1.165, 1.54) is 25.3 Å². The normalized spacial score (nSPS) is 16.2. The Morgan fingerprint density at radius 2 is 1.91 bits per heavy atom. The Labute approximate surface area is 253 Å². The van der Waals surface area contributed by atoms with Gasteiger partial charge in [-0.25, -0.2) is 18.4 Å². The first-order valence-corrected chi connectivity index (χ1v) is 14.0. The number of nitrogens with zero attached hydrogens (tertiary/aromatic N) is 2. The molecule has 1 heterocycles. The molecule has 2 aromatic carbocycles. The highest BCUT2D eigenvalue weighted by atomic mass is 32.1. The van der Waals surface area contributed by atoms with E-state index < -0.39 is 57.7 Å². The molecule has 3 rings (SSSR count). The summed E-state index contributed by atoms with van der Waals surface area (Å²) in [5.41, 5.74) is -1.01. The Kier molecular flexibility index (Phi) is 10.7. The van der Waals surface area contributed by atoms with Crippen LogP contribution in [0.1, 0.15) is 68.1 Å². The van der Waals surface area contributed by atoms with Crippen LogP contribution in [0.5, 0.6) is 5.75 Å². The van der Waals surface area contributed by atoms with Crippen LogP contribution in [0.25, 0.3) is 0 Å². The summed E-state index contributed by atoms with van der Waals surface area (Å²) in [7, 11) is 1.29. The largest absolute Gasteiger partial charge is 0.496 e. The minimum atomic E-state index is -1.11. The number of nitro benzene ring substituents is 1. The fraction of sp³-hybridized carbons (Fsp3) is 0.448. The summed E-state index contributed by atoms with van der Waals surface area (Å²) in [4.78, 5) is 52.0. The second kappa shape index (κ2) is 13.8. The molecule has 1 fully saturated rings. The zero-order chi connectivity index (χ0) is 32.1. The van der Waals surface area contributed by atoms with Gasteiger partial charge in [0.05, 0.1) is 35.5 Å². The quantitative estimate of drug-likeness (QED) is 0.171. The van der Waals surface area contributed by atoms with Gasteiger partial charge in [0.25, 0.3) is 5.69 Å². The maximum Gasteiger partial charge on any atom is 0.345 e. The number of hydrogen-bond donors (Lipinski definition) is 2. The molecule has 2 atom stereocenters. The van der Waals surface area contributed by atoms with E-state index in [2.05, 4.69) is 10.6 Å². The fourth-order valence-electron chi connectivity index (χ4n) is 4.60. The number of halogens is 2. The molecule has 0 bridgehead atoms. The number of esters is 1. The molecule has 1 aliphatic rings. The zero-order valence-corrected chi connectivity index (χ0v) is 25.3. The first-order chi connectivity index (χ1) is 20.1. The van der Waals surface area contributed by atoms with Gasteiger partial charge in [0.2, 0.25) is 5.91 Å². The summed E-state index contributed by atoms with van der Waals surface area (Å²) in [6, 6.07) is 4.24. The van der Waals surface area contributed by atoms with Gasteiger partial charge in [-0.05, 0) is 56.9 Å². The fourth-order valence-corrected chi connectivity index (χ4v) is 4.81. The number of urea groups is 1. The lowest BCUT2D eigenvalue weighted by Gasteiger charge is -2.26. The van der Waals surface area contributed by atoms with Crippen LogP contribution in [0, 0.1) is 27.7 Å². The van der Waals surface area contributed by atoms with E-state index in [1.807, 2.05) is 6.92 Å². The lowest BCUT2D eigenvalue weighted by molar-refractivity contribution is -0.385. The summed E-state index contributed by atoms with van der Waals surface area (Å²) >= 11 is 5.29. The number of methoxy groups -OCH3 is 1. The van der Waals surface area contributed by atoms with Gasteiger partial charge in [0.1, 0.15) is 16.9 Å². The van der Waals surface area contributed by atoms with E-state index in [9.17, 15) is 33.3 Å². The van der Waals surface area contributed by atoms with Gasteiger partial charge in [0.15, 0.2) is 11.6 Å². The number of benzene rings is 2. The molecular weight excluding hydrogens is 586 g/mol. The van der Waals surface area contributed by atoms with E-state index in [0.717, 1.165) is 17.0 Å². The van der Waals surface area contributed by atoms with Gasteiger partial charge in [-0.2, -0.15) is 0 Å². The topological polar surface area (TPSA) is 140 Å². The molecule has 14 heteroatoms. The predicted octanol–water partition coefficient (Wildman–Crippen LogP) is 5.01. The second-order valence-electron chi connectivity index (χ2n) is 11.0. The van der Waals surface area contributed by atoms with Gasteiger partial charge in [-0.15, -0.1) is 0 Å². The van der Waals surface area contributed by atoms with Crippen molar-refractivity contribution in [3.8, 4) is 5.75 Å². The minimum Gasteiger partial charge on any atom is -0.496 e. The number of thiocarbonyl (C=S) groups is 1. The maximum absolute atomic E-state index is 14.0. The second-order valence-corrected chi connectivity index (χ2v) is 11.5. The van der Waals surface area contributed by atoms with Crippen molar-refractivity contribution in [2.45, 2.75) is 58.6 Å². The molecule has 0 aliphatic carbocycles. The number of carbonyl (C=O) groups excluding carboxylic acids is 3. The first kappa shape index (κ1) is 33.3. The third-order valence-corrected chi connectivity index (χ3v) is 6.89. The molecule has 3 amide bonds. The summed E-state index contributed by atoms with van der Waals surface area (Å²) in [5.74, 6) is -4.52. The van der Waals surface area contributed by atoms with Crippen molar-refractivity contribution in [2.24, 2.45) is 5.92 Å². The summed E-state index contributed by atoms with van der Waals surface area (Å²) < 4.78 is 38.2. The molecule has 0 spiro atoms. The highest BCUT2D eigenvalue weighted by Crippen LogP contribution is 2.29. The van der Waals surface area contributed by atoms with Crippen molar-refractivity contribution >= 4 is 40.8 Å². The Bertz CT molecular complexity index is 1430. The standard InChI is InChI=1S/C29H34F2N4O7S/c1-6-7-22(16-8-9-19(23(12-16)35(39)40)27(37)42-29(2,3)4)33-28(38)34-15-25(43)32-14-18(26(34)36)10-17-11-20(30)21(31)13-24(17)41-5/h8-9,11-13,18,22H,6-7,10,14-15H2,1-5H3,(H,32,43)(H,33,38)/t18-,22-/m1/s1. The van der Waals surface area contributed by atoms with Gasteiger partial charge in [-0.3, -0.25) is 19.8 Å². The van der Waals surface area contributed by atoms with Gasteiger partial charge < -0.3 is 20.1 Å². The van der Waals surface area contributed by atoms with E-state index in [4.69, 9.17) is 21.7 Å². The molecule has 43 heavy (non-hydrogen) atoms. The lowest BCUT2D eigenvalue weighted by Crippen LogP contribution is -2.48. The number of amides is 3. The molecule has 11 nitrogen and oxygen atoms in total. The van der Waals surface area contributed by atoms with Gasteiger partial charge in [0, 0.05) is 18.7 Å². The number of nitro groups is 1. The molecule has 0 unspecified atom stereocenters. The minimum absolute atomic E-state index is 0.0420. The Morgan fingerprint density at radius 3 is 2.51 bits per heavy atom. The number of imide groups is 1. The smallest absolute Gasteiger partial charge is 0.345 e. The monoisotopic (exact) mass is 620 g/mol. The molecule has 2 aromatic rings. The number of hydrogen-bond acceptors (Lipinski definition) is 8. The van der Waals surface area contributed by atoms with Crippen LogP contribution >= 0.6 is 12.2 Å². The van der Waals surface area contributed by atoms with Crippen molar-refractivity contribution in [1.82, 2.24) is 15.5 Å². The lowest BCUT2D eigenvalue weighted by atomic mass is 9.97. The first-order valence-electron chi connectivity index (χ1n) is 13.6. The Balaban J connectivity index is 1.88. The van der Waals surface area contributed by atoms with E-state index >= 15 is 0 Å². The summed E-state index contributed by atoms with van der Waals surface area (Å²) in [5, 5.41) is 17.5. The van der Waals surface area contributed by atoms with Crippen molar-refractivity contribution in [2.75, 3.05) is 20.2 Å². The van der Waals surface area contributed by atoms with E-state index in [0.29, 0.717) is 18.4 Å². The maximum atomic E-state index is 14.0. The molecule has 1 saturated heterocycles. The third-order valence-electron chi connectivity index (χ3n) is 6.61. The van der Waals surface area contributed by atoms with Crippen LogP contribution in [0.2, 0.25) is 0 Å². The molecule has 2 N–H and O–H groups in total.